The Balaban J connectivity index is 1.81. The lowest BCUT2D eigenvalue weighted by Crippen LogP contribution is -2.30. The van der Waals surface area contributed by atoms with Crippen LogP contribution in [0.25, 0.3) is 0 Å². The third-order valence-electron chi connectivity index (χ3n) is 2.62. The molecule has 2 aromatic rings. The third kappa shape index (κ3) is 3.63. The summed E-state index contributed by atoms with van der Waals surface area (Å²) < 4.78 is 6.86. The van der Waals surface area contributed by atoms with Crippen LogP contribution in [0.4, 0.5) is 0 Å². The highest BCUT2D eigenvalue weighted by Crippen LogP contribution is 2.03. The van der Waals surface area contributed by atoms with Crippen molar-refractivity contribution in [1.29, 1.82) is 0 Å². The van der Waals surface area contributed by atoms with Crippen LogP contribution in [0.3, 0.4) is 0 Å². The molecule has 2 aromatic heterocycles. The van der Waals surface area contributed by atoms with Crippen molar-refractivity contribution < 1.29 is 9.21 Å². The molecule has 1 amide bonds. The summed E-state index contributed by atoms with van der Waals surface area (Å²) >= 11 is 0. The molecule has 0 saturated heterocycles. The summed E-state index contributed by atoms with van der Waals surface area (Å²) in [5.41, 5.74) is 2.22. The number of hydrogen-bond acceptors (Lipinski definition) is 6. The Morgan fingerprint density at radius 2 is 2.47 bits per heavy atom. The number of nitrogens with zero attached hydrogens (tertiary/aromatic N) is 4. The lowest BCUT2D eigenvalue weighted by molar-refractivity contribution is 0.0948. The van der Waals surface area contributed by atoms with E-state index in [1.807, 2.05) is 24.6 Å². The molecule has 0 aliphatic carbocycles. The maximum Gasteiger partial charge on any atom is 0.287 e. The molecular weight excluding hydrogens is 248 g/mol. The summed E-state index contributed by atoms with van der Waals surface area (Å²) in [6.07, 6.45) is 3.21. The van der Waals surface area contributed by atoms with Crippen molar-refractivity contribution in [3.05, 3.63) is 36.0 Å². The maximum absolute atomic E-state index is 11.2. The fraction of sp³-hybridized carbons (Fsp3) is 0.364. The molecule has 8 heteroatoms. The minimum absolute atomic E-state index is 0.205. The van der Waals surface area contributed by atoms with Crippen molar-refractivity contribution in [2.75, 3.05) is 13.6 Å². The van der Waals surface area contributed by atoms with Gasteiger partial charge in [-0.15, -0.1) is 5.10 Å². The number of nitrogen functional groups attached to an aromatic ring is 1. The second-order valence-electron chi connectivity index (χ2n) is 4.16. The van der Waals surface area contributed by atoms with E-state index in [2.05, 4.69) is 15.2 Å². The first kappa shape index (κ1) is 13.2. The highest BCUT2D eigenvalue weighted by molar-refractivity contribution is 5.91. The van der Waals surface area contributed by atoms with Gasteiger partial charge in [0.25, 0.3) is 5.91 Å². The van der Waals surface area contributed by atoms with E-state index in [9.17, 15) is 4.79 Å². The quantitative estimate of drug-likeness (QED) is 0.418. The second kappa shape index (κ2) is 6.12. The standard InChI is InChI=1S/C11H16N6O2/c1-16(7-9-3-2-6-19-9)4-5-17-8-10(14-15-17)11(18)13-12/h2-3,6,8H,4-5,7,12H2,1H3,(H,13,18). The Morgan fingerprint density at radius 3 is 3.16 bits per heavy atom. The van der Waals surface area contributed by atoms with Gasteiger partial charge in [-0.05, 0) is 19.2 Å². The molecule has 3 N–H and O–H groups in total. The van der Waals surface area contributed by atoms with E-state index in [-0.39, 0.29) is 5.69 Å². The van der Waals surface area contributed by atoms with E-state index >= 15 is 0 Å². The number of furan rings is 1. The number of nitrogens with one attached hydrogen (secondary N) is 1. The Kier molecular flexibility index (Phi) is 4.26. The topological polar surface area (TPSA) is 102 Å². The summed E-state index contributed by atoms with van der Waals surface area (Å²) in [4.78, 5) is 13.3. The number of hydrogen-bond donors (Lipinski definition) is 2. The molecule has 0 radical (unpaired) electrons. The predicted octanol–water partition coefficient (Wildman–Crippen LogP) is -0.393. The van der Waals surface area contributed by atoms with Gasteiger partial charge in [0, 0.05) is 6.54 Å². The zero-order valence-corrected chi connectivity index (χ0v) is 10.6. The van der Waals surface area contributed by atoms with Crippen molar-refractivity contribution in [1.82, 2.24) is 25.3 Å². The molecule has 0 aliphatic rings. The summed E-state index contributed by atoms with van der Waals surface area (Å²) in [6.45, 7) is 2.10. The van der Waals surface area contributed by atoms with Crippen LogP contribution in [0, 0.1) is 0 Å². The number of aromatic nitrogens is 3. The number of amides is 1. The van der Waals surface area contributed by atoms with Gasteiger partial charge >= 0.3 is 0 Å². The van der Waals surface area contributed by atoms with Gasteiger partial charge in [0.2, 0.25) is 0 Å². The van der Waals surface area contributed by atoms with Crippen LogP contribution in [0.2, 0.25) is 0 Å². The van der Waals surface area contributed by atoms with Gasteiger partial charge in [0.05, 0.1) is 25.5 Å². The number of hydrazine groups is 1. The number of rotatable bonds is 6. The van der Waals surface area contributed by atoms with Gasteiger partial charge in [-0.25, -0.2) is 5.84 Å². The molecule has 0 aromatic carbocycles. The predicted molar refractivity (Wildman–Crippen MR) is 66.7 cm³/mol. The highest BCUT2D eigenvalue weighted by Gasteiger charge is 2.09. The third-order valence-corrected chi connectivity index (χ3v) is 2.62. The van der Waals surface area contributed by atoms with E-state index < -0.39 is 5.91 Å². The minimum atomic E-state index is -0.449. The van der Waals surface area contributed by atoms with Crippen molar-refractivity contribution in [3.8, 4) is 0 Å². The van der Waals surface area contributed by atoms with Crippen LogP contribution >= 0.6 is 0 Å². The zero-order chi connectivity index (χ0) is 13.7. The Hall–Kier alpha value is -2.19. The molecule has 0 aliphatic heterocycles. The van der Waals surface area contributed by atoms with Gasteiger partial charge in [-0.3, -0.25) is 19.8 Å². The lowest BCUT2D eigenvalue weighted by atomic mass is 10.4. The van der Waals surface area contributed by atoms with E-state index in [1.165, 1.54) is 0 Å². The van der Waals surface area contributed by atoms with Gasteiger partial charge < -0.3 is 4.42 Å². The highest BCUT2D eigenvalue weighted by atomic mass is 16.3. The smallest absolute Gasteiger partial charge is 0.287 e. The fourth-order valence-corrected chi connectivity index (χ4v) is 1.61. The van der Waals surface area contributed by atoms with Crippen LogP contribution in [-0.4, -0.2) is 39.4 Å². The van der Waals surface area contributed by atoms with Gasteiger partial charge in [-0.2, -0.15) is 0 Å². The number of carbonyl (C=O) groups is 1. The van der Waals surface area contributed by atoms with Crippen molar-refractivity contribution in [2.24, 2.45) is 5.84 Å². The summed E-state index contributed by atoms with van der Waals surface area (Å²) in [5.74, 6) is 5.47. The second-order valence-corrected chi connectivity index (χ2v) is 4.16. The molecule has 0 fully saturated rings. The monoisotopic (exact) mass is 264 g/mol. The number of likely N-dealkylation sites (N-methyl/N-ethyl adjacent to an activating group) is 1. The molecule has 2 heterocycles. The number of nitrogens with two attached hydrogens (primary N) is 1. The summed E-state index contributed by atoms with van der Waals surface area (Å²) in [5, 5.41) is 7.58. The molecule has 2 rings (SSSR count). The molecule has 0 unspecified atom stereocenters. The molecule has 8 nitrogen and oxygen atoms in total. The van der Waals surface area contributed by atoms with Crippen molar-refractivity contribution >= 4 is 5.91 Å². The van der Waals surface area contributed by atoms with Crippen LogP contribution < -0.4 is 11.3 Å². The maximum atomic E-state index is 11.2. The molecule has 0 saturated carbocycles. The largest absolute Gasteiger partial charge is 0.468 e. The average Bonchev–Trinajstić information content (AvgIpc) is 3.06. The normalized spacial score (nSPS) is 10.9. The SMILES string of the molecule is CN(CCn1cc(C(=O)NN)nn1)Cc1ccco1. The summed E-state index contributed by atoms with van der Waals surface area (Å²) in [7, 11) is 1.98. The molecule has 19 heavy (non-hydrogen) atoms. The lowest BCUT2D eigenvalue weighted by Gasteiger charge is -2.14. The summed E-state index contributed by atoms with van der Waals surface area (Å²) in [6, 6.07) is 3.79. The van der Waals surface area contributed by atoms with E-state index in [1.54, 1.807) is 17.1 Å². The Bertz CT molecular complexity index is 521. The van der Waals surface area contributed by atoms with Gasteiger partial charge in [-0.1, -0.05) is 5.21 Å². The Labute approximate surface area is 110 Å². The van der Waals surface area contributed by atoms with Crippen LogP contribution in [0.15, 0.2) is 29.0 Å². The average molecular weight is 264 g/mol. The van der Waals surface area contributed by atoms with E-state index in [4.69, 9.17) is 10.3 Å². The van der Waals surface area contributed by atoms with Crippen molar-refractivity contribution in [3.63, 3.8) is 0 Å². The molecule has 0 atom stereocenters. The van der Waals surface area contributed by atoms with E-state index in [0.29, 0.717) is 6.54 Å². The number of carbonyl (C=O) groups excluding carboxylic acids is 1. The molecular formula is C11H16N6O2. The van der Waals surface area contributed by atoms with E-state index in [0.717, 1.165) is 18.8 Å². The molecule has 0 spiro atoms. The van der Waals surface area contributed by atoms with Gasteiger partial charge in [0.15, 0.2) is 5.69 Å². The van der Waals surface area contributed by atoms with Crippen LogP contribution in [0.1, 0.15) is 16.2 Å². The van der Waals surface area contributed by atoms with Crippen molar-refractivity contribution in [2.45, 2.75) is 13.1 Å². The fourth-order valence-electron chi connectivity index (χ4n) is 1.61. The first-order valence-corrected chi connectivity index (χ1v) is 5.81. The van der Waals surface area contributed by atoms with Crippen LogP contribution in [0.5, 0.6) is 0 Å². The zero-order valence-electron chi connectivity index (χ0n) is 10.6. The van der Waals surface area contributed by atoms with Crippen LogP contribution in [-0.2, 0) is 13.1 Å². The Morgan fingerprint density at radius 1 is 1.63 bits per heavy atom. The first-order chi connectivity index (χ1) is 9.19. The molecule has 0 bridgehead atoms. The molecule has 102 valence electrons. The minimum Gasteiger partial charge on any atom is -0.468 e. The van der Waals surface area contributed by atoms with Gasteiger partial charge in [0.1, 0.15) is 5.76 Å². The first-order valence-electron chi connectivity index (χ1n) is 5.81.